The number of nitrogens with zero attached hydrogens (tertiary/aromatic N) is 4. The Morgan fingerprint density at radius 3 is 2.65 bits per heavy atom. The van der Waals surface area contributed by atoms with E-state index in [0.29, 0.717) is 39.1 Å². The van der Waals surface area contributed by atoms with Crippen LogP contribution in [0, 0.1) is 29.5 Å². The first-order valence-electron chi connectivity index (χ1n) is 12.6. The van der Waals surface area contributed by atoms with Gasteiger partial charge in [-0.05, 0) is 48.1 Å². The number of carbonyl (C=O) groups is 2. The number of rotatable bonds is 6. The van der Waals surface area contributed by atoms with E-state index in [1.165, 1.54) is 35.2 Å². The molecule has 1 unspecified atom stereocenters. The van der Waals surface area contributed by atoms with Gasteiger partial charge in [0, 0.05) is 23.4 Å². The van der Waals surface area contributed by atoms with Gasteiger partial charge in [-0.2, -0.15) is 5.26 Å². The van der Waals surface area contributed by atoms with Crippen LogP contribution in [0.15, 0.2) is 75.5 Å². The van der Waals surface area contributed by atoms with Crippen LogP contribution in [0.1, 0.15) is 43.7 Å². The largest absolute Gasteiger partial charge is 0.384 e. The molecule has 2 heterocycles. The number of Topliss-reactive ketones (excluding diaryl/α,β-unsaturated/α-hetero) is 1. The molecule has 3 N–H and O–H groups in total. The van der Waals surface area contributed by atoms with Gasteiger partial charge in [0.2, 0.25) is 11.0 Å². The summed E-state index contributed by atoms with van der Waals surface area (Å²) in [6.45, 7) is 5.94. The molecular weight excluding hydrogens is 547 g/mol. The van der Waals surface area contributed by atoms with Gasteiger partial charge in [-0.1, -0.05) is 67.3 Å². The summed E-state index contributed by atoms with van der Waals surface area (Å²) < 4.78 is 14.3. The second kappa shape index (κ2) is 10.9. The van der Waals surface area contributed by atoms with Gasteiger partial charge in [0.15, 0.2) is 10.1 Å². The summed E-state index contributed by atoms with van der Waals surface area (Å²) in [5.74, 6) is -1.08. The predicted octanol–water partition coefficient (Wildman–Crippen LogP) is 5.66. The van der Waals surface area contributed by atoms with E-state index in [2.05, 4.69) is 21.6 Å². The maximum absolute atomic E-state index is 13.7. The molecule has 5 rings (SSSR count). The predicted molar refractivity (Wildman–Crippen MR) is 154 cm³/mol. The van der Waals surface area contributed by atoms with Crippen LogP contribution in [-0.4, -0.2) is 27.6 Å². The Balaban J connectivity index is 1.47. The lowest BCUT2D eigenvalue weighted by atomic mass is 9.69. The van der Waals surface area contributed by atoms with Crippen molar-refractivity contribution in [2.75, 3.05) is 16.0 Å². The number of nitrogens with one attached hydrogen (secondary N) is 1. The van der Waals surface area contributed by atoms with Crippen LogP contribution >= 0.6 is 23.1 Å². The maximum atomic E-state index is 13.7. The fourth-order valence-electron chi connectivity index (χ4n) is 5.09. The lowest BCUT2D eigenvalue weighted by Crippen LogP contribution is -2.42. The third kappa shape index (κ3) is 5.37. The van der Waals surface area contributed by atoms with Gasteiger partial charge in [-0.3, -0.25) is 14.5 Å². The number of amides is 1. The first-order chi connectivity index (χ1) is 19.1. The zero-order valence-electron chi connectivity index (χ0n) is 22.2. The number of hydrogen-bond donors (Lipinski definition) is 2. The Labute approximate surface area is 239 Å². The lowest BCUT2D eigenvalue weighted by Gasteiger charge is -2.42. The van der Waals surface area contributed by atoms with E-state index in [9.17, 15) is 19.2 Å². The summed E-state index contributed by atoms with van der Waals surface area (Å²) in [7, 11) is 0. The molecule has 1 atom stereocenters. The molecule has 2 aliphatic rings. The number of benzene rings is 2. The second-order valence-electron chi connectivity index (χ2n) is 10.5. The molecule has 0 radical (unpaired) electrons. The molecule has 0 spiro atoms. The molecule has 1 aliphatic heterocycles. The number of halogens is 1. The molecule has 1 amide bonds. The van der Waals surface area contributed by atoms with Crippen molar-refractivity contribution in [1.82, 2.24) is 10.2 Å². The average molecular weight is 575 g/mol. The molecule has 0 saturated heterocycles. The van der Waals surface area contributed by atoms with Crippen molar-refractivity contribution in [3.05, 3.63) is 88.1 Å². The van der Waals surface area contributed by atoms with Gasteiger partial charge >= 0.3 is 0 Å². The Morgan fingerprint density at radius 2 is 1.95 bits per heavy atom. The van der Waals surface area contributed by atoms with E-state index in [1.807, 2.05) is 45.0 Å². The van der Waals surface area contributed by atoms with Crippen molar-refractivity contribution < 1.29 is 14.0 Å². The molecule has 2 aromatic carbocycles. The highest BCUT2D eigenvalue weighted by molar-refractivity contribution is 8.01. The van der Waals surface area contributed by atoms with Crippen LogP contribution in [0.5, 0.6) is 0 Å². The number of nitrogens with two attached hydrogens (primary N) is 1. The van der Waals surface area contributed by atoms with Crippen LogP contribution in [0.25, 0.3) is 0 Å². The summed E-state index contributed by atoms with van der Waals surface area (Å²) >= 11 is 2.47. The maximum Gasteiger partial charge on any atom is 0.234 e. The minimum atomic E-state index is -0.702. The molecule has 0 bridgehead atoms. The van der Waals surface area contributed by atoms with Crippen LogP contribution in [-0.2, 0) is 9.59 Å². The summed E-state index contributed by atoms with van der Waals surface area (Å²) in [5, 5.41) is 22.1. The second-order valence-corrected chi connectivity index (χ2v) is 12.7. The number of allylic oxidation sites excluding steroid dienone is 3. The molecule has 1 aliphatic carbocycles. The minimum absolute atomic E-state index is 0.0854. The van der Waals surface area contributed by atoms with Crippen molar-refractivity contribution in [3.63, 3.8) is 0 Å². The lowest BCUT2D eigenvalue weighted by molar-refractivity contribution is -0.118. The van der Waals surface area contributed by atoms with E-state index in [0.717, 1.165) is 11.3 Å². The molecule has 204 valence electrons. The fourth-order valence-corrected chi connectivity index (χ4v) is 6.77. The van der Waals surface area contributed by atoms with Gasteiger partial charge in [0.05, 0.1) is 23.3 Å². The van der Waals surface area contributed by atoms with Crippen molar-refractivity contribution >= 4 is 45.6 Å². The van der Waals surface area contributed by atoms with Crippen molar-refractivity contribution in [2.24, 2.45) is 11.1 Å². The van der Waals surface area contributed by atoms with Crippen molar-refractivity contribution in [3.8, 4) is 6.07 Å². The van der Waals surface area contributed by atoms with E-state index < -0.39 is 11.7 Å². The van der Waals surface area contributed by atoms with Gasteiger partial charge in [-0.25, -0.2) is 4.39 Å². The molecular formula is C29H27FN6O2S2. The van der Waals surface area contributed by atoms with Crippen LogP contribution < -0.4 is 16.0 Å². The fraction of sp³-hybridized carbons (Fsp3) is 0.276. The number of carbonyl (C=O) groups excluding carboxylic acids is 2. The summed E-state index contributed by atoms with van der Waals surface area (Å²) in [4.78, 5) is 27.8. The Hall–Kier alpha value is -4.01. The van der Waals surface area contributed by atoms with E-state index in [-0.39, 0.29) is 34.3 Å². The molecule has 3 aromatic rings. The third-order valence-corrected chi connectivity index (χ3v) is 8.96. The minimum Gasteiger partial charge on any atom is -0.384 e. The average Bonchev–Trinajstić information content (AvgIpc) is 3.36. The number of hydrogen-bond acceptors (Lipinski definition) is 9. The number of thioether (sulfide) groups is 1. The highest BCUT2D eigenvalue weighted by atomic mass is 32.2. The monoisotopic (exact) mass is 574 g/mol. The third-order valence-electron chi connectivity index (χ3n) is 6.92. The SMILES string of the molecule is Cc1ccccc1NC(=O)CSc1nnc(N2C(N)=C(C#N)C(c3ccc(F)cc3)C3=C2CC(C)(C)CC3=O)s1. The Kier molecular flexibility index (Phi) is 7.49. The molecule has 11 heteroatoms. The number of ketones is 1. The van der Waals surface area contributed by atoms with Gasteiger partial charge in [0.25, 0.3) is 0 Å². The van der Waals surface area contributed by atoms with Gasteiger partial charge in [0.1, 0.15) is 11.6 Å². The molecule has 8 nitrogen and oxygen atoms in total. The summed E-state index contributed by atoms with van der Waals surface area (Å²) in [6, 6.07) is 15.5. The van der Waals surface area contributed by atoms with E-state index in [4.69, 9.17) is 5.73 Å². The van der Waals surface area contributed by atoms with Crippen molar-refractivity contribution in [1.29, 1.82) is 5.26 Å². The van der Waals surface area contributed by atoms with Crippen molar-refractivity contribution in [2.45, 2.75) is 43.9 Å². The molecule has 0 saturated carbocycles. The standard InChI is InChI=1S/C29H27FN6O2S2/c1-16-6-4-5-7-20(16)33-23(38)15-39-28-35-34-27(40-28)36-21-12-29(2,3)13-22(37)25(21)24(19(14-31)26(36)32)17-8-10-18(30)11-9-17/h4-11,24H,12-13,15,32H2,1-3H3,(H,33,38). The summed E-state index contributed by atoms with van der Waals surface area (Å²) in [5.41, 5.74) is 9.95. The highest BCUT2D eigenvalue weighted by Gasteiger charge is 2.45. The van der Waals surface area contributed by atoms with E-state index >= 15 is 0 Å². The number of anilines is 2. The smallest absolute Gasteiger partial charge is 0.234 e. The van der Waals surface area contributed by atoms with E-state index in [1.54, 1.807) is 17.0 Å². The number of para-hydroxylation sites is 1. The zero-order valence-corrected chi connectivity index (χ0v) is 23.8. The summed E-state index contributed by atoms with van der Waals surface area (Å²) in [6.07, 6.45) is 0.829. The van der Waals surface area contributed by atoms with Crippen LogP contribution in [0.3, 0.4) is 0 Å². The molecule has 40 heavy (non-hydrogen) atoms. The first-order valence-corrected chi connectivity index (χ1v) is 14.4. The Bertz CT molecular complexity index is 1600. The number of nitriles is 1. The normalized spacial score (nSPS) is 18.4. The van der Waals surface area contributed by atoms with Crippen LogP contribution in [0.2, 0.25) is 0 Å². The first kappa shape index (κ1) is 27.6. The van der Waals surface area contributed by atoms with Gasteiger partial charge < -0.3 is 11.1 Å². The quantitative estimate of drug-likeness (QED) is 0.362. The zero-order chi connectivity index (χ0) is 28.6. The topological polar surface area (TPSA) is 125 Å². The van der Waals surface area contributed by atoms with Crippen LogP contribution in [0.4, 0.5) is 15.2 Å². The number of aromatic nitrogens is 2. The Morgan fingerprint density at radius 1 is 1.23 bits per heavy atom. The number of aryl methyl sites for hydroxylation is 1. The highest BCUT2D eigenvalue weighted by Crippen LogP contribution is 2.50. The molecule has 1 aromatic heterocycles. The molecule has 0 fully saturated rings. The van der Waals surface area contributed by atoms with Gasteiger partial charge in [-0.15, -0.1) is 10.2 Å².